The summed E-state index contributed by atoms with van der Waals surface area (Å²) in [5.74, 6) is -0.891. The molecule has 4 rings (SSSR count). The molecule has 1 amide bonds. The van der Waals surface area contributed by atoms with Crippen molar-refractivity contribution < 1.29 is 14.3 Å². The molecule has 1 atom stereocenters. The number of nitrogens with zero attached hydrogens (tertiary/aromatic N) is 1. The molecule has 3 aromatic rings. The zero-order valence-electron chi connectivity index (χ0n) is 14.3. The second kappa shape index (κ2) is 6.46. The molecule has 1 aromatic heterocycles. The Labute approximate surface area is 150 Å². The highest BCUT2D eigenvalue weighted by molar-refractivity contribution is 5.79. The van der Waals surface area contributed by atoms with Crippen LogP contribution in [0.4, 0.5) is 0 Å². The van der Waals surface area contributed by atoms with Crippen LogP contribution in [0.15, 0.2) is 57.7 Å². The predicted molar refractivity (Wildman–Crippen MR) is 96.9 cm³/mol. The van der Waals surface area contributed by atoms with Crippen molar-refractivity contribution in [3.05, 3.63) is 70.2 Å². The van der Waals surface area contributed by atoms with Crippen molar-refractivity contribution >= 4 is 17.0 Å². The standard InChI is InChI=1S/C20H20N2O4/c23-18(12-22-16-7-3-4-8-17(16)26-19(22)24)21-13-20(25)10-9-14-5-1-2-6-15(14)11-20/h1-8,25H,9-13H2,(H,21,23)/t20-/m1/s1. The van der Waals surface area contributed by atoms with Gasteiger partial charge in [0.15, 0.2) is 5.58 Å². The van der Waals surface area contributed by atoms with Crippen molar-refractivity contribution in [1.82, 2.24) is 9.88 Å². The molecule has 0 saturated heterocycles. The number of aliphatic hydroxyl groups is 1. The summed E-state index contributed by atoms with van der Waals surface area (Å²) in [5.41, 5.74) is 2.44. The molecule has 2 aromatic carbocycles. The highest BCUT2D eigenvalue weighted by Crippen LogP contribution is 2.28. The highest BCUT2D eigenvalue weighted by Gasteiger charge is 2.32. The molecule has 26 heavy (non-hydrogen) atoms. The summed E-state index contributed by atoms with van der Waals surface area (Å²) in [5, 5.41) is 13.6. The fourth-order valence-electron chi connectivity index (χ4n) is 3.56. The van der Waals surface area contributed by atoms with Gasteiger partial charge in [0.2, 0.25) is 5.91 Å². The average molecular weight is 352 g/mol. The average Bonchev–Trinajstić information content (AvgIpc) is 2.95. The van der Waals surface area contributed by atoms with Gasteiger partial charge >= 0.3 is 5.76 Å². The molecule has 6 heteroatoms. The van der Waals surface area contributed by atoms with E-state index in [1.54, 1.807) is 24.3 Å². The molecule has 134 valence electrons. The smallest absolute Gasteiger partial charge is 0.408 e. The van der Waals surface area contributed by atoms with Gasteiger partial charge < -0.3 is 14.8 Å². The van der Waals surface area contributed by atoms with Crippen molar-refractivity contribution in [2.24, 2.45) is 0 Å². The normalized spacial score (nSPS) is 19.3. The van der Waals surface area contributed by atoms with Crippen LogP contribution < -0.4 is 11.1 Å². The lowest BCUT2D eigenvalue weighted by molar-refractivity contribution is -0.123. The first-order valence-corrected chi connectivity index (χ1v) is 8.68. The lowest BCUT2D eigenvalue weighted by Gasteiger charge is -2.33. The van der Waals surface area contributed by atoms with Crippen molar-refractivity contribution in [3.8, 4) is 0 Å². The number of amides is 1. The third-order valence-electron chi connectivity index (χ3n) is 4.99. The van der Waals surface area contributed by atoms with E-state index >= 15 is 0 Å². The fourth-order valence-corrected chi connectivity index (χ4v) is 3.56. The maximum atomic E-state index is 12.3. The van der Waals surface area contributed by atoms with E-state index < -0.39 is 11.4 Å². The molecular weight excluding hydrogens is 332 g/mol. The lowest BCUT2D eigenvalue weighted by Crippen LogP contribution is -2.47. The Balaban J connectivity index is 1.43. The molecule has 6 nitrogen and oxygen atoms in total. The molecule has 0 bridgehead atoms. The van der Waals surface area contributed by atoms with Crippen LogP contribution in [0, 0.1) is 0 Å². The van der Waals surface area contributed by atoms with E-state index in [0.717, 1.165) is 12.0 Å². The number of benzene rings is 2. The molecular formula is C20H20N2O4. The number of nitrogens with one attached hydrogen (secondary N) is 1. The second-order valence-corrected chi connectivity index (χ2v) is 6.87. The van der Waals surface area contributed by atoms with Crippen molar-refractivity contribution in [2.75, 3.05) is 6.54 Å². The number of aryl methyl sites for hydroxylation is 1. The summed E-state index contributed by atoms with van der Waals surface area (Å²) in [4.78, 5) is 24.3. The maximum absolute atomic E-state index is 12.3. The molecule has 0 unspecified atom stereocenters. The van der Waals surface area contributed by atoms with E-state index in [1.165, 1.54) is 10.1 Å². The van der Waals surface area contributed by atoms with Crippen LogP contribution in [0.25, 0.3) is 11.1 Å². The second-order valence-electron chi connectivity index (χ2n) is 6.87. The molecule has 2 N–H and O–H groups in total. The third kappa shape index (κ3) is 3.15. The Morgan fingerprint density at radius 1 is 1.15 bits per heavy atom. The van der Waals surface area contributed by atoms with Gasteiger partial charge in [-0.2, -0.15) is 0 Å². The van der Waals surface area contributed by atoms with Crippen LogP contribution in [-0.2, 0) is 24.2 Å². The SMILES string of the molecule is O=C(Cn1c(=O)oc2ccccc21)NC[C@@]1(O)CCc2ccccc2C1. The largest absolute Gasteiger partial charge is 0.420 e. The minimum absolute atomic E-state index is 0.136. The molecule has 0 fully saturated rings. The van der Waals surface area contributed by atoms with E-state index in [0.29, 0.717) is 23.9 Å². The first-order valence-electron chi connectivity index (χ1n) is 8.68. The summed E-state index contributed by atoms with van der Waals surface area (Å²) in [7, 11) is 0. The van der Waals surface area contributed by atoms with Gasteiger partial charge in [-0.3, -0.25) is 9.36 Å². The Morgan fingerprint density at radius 3 is 2.73 bits per heavy atom. The van der Waals surface area contributed by atoms with E-state index in [4.69, 9.17) is 4.42 Å². The number of carbonyl (C=O) groups is 1. The van der Waals surface area contributed by atoms with Gasteiger partial charge in [0.1, 0.15) is 6.54 Å². The number of hydrogen-bond acceptors (Lipinski definition) is 4. The summed E-state index contributed by atoms with van der Waals surface area (Å²) < 4.78 is 6.43. The van der Waals surface area contributed by atoms with Gasteiger partial charge in [0, 0.05) is 13.0 Å². The van der Waals surface area contributed by atoms with Gasteiger partial charge in [0.25, 0.3) is 0 Å². The van der Waals surface area contributed by atoms with Gasteiger partial charge in [-0.15, -0.1) is 0 Å². The zero-order chi connectivity index (χ0) is 18.1. The van der Waals surface area contributed by atoms with Gasteiger partial charge in [-0.1, -0.05) is 36.4 Å². The maximum Gasteiger partial charge on any atom is 0.420 e. The number of fused-ring (bicyclic) bond motifs is 2. The van der Waals surface area contributed by atoms with Crippen molar-refractivity contribution in [2.45, 2.75) is 31.4 Å². The first-order chi connectivity index (χ1) is 12.5. The van der Waals surface area contributed by atoms with E-state index in [2.05, 4.69) is 11.4 Å². The summed E-state index contributed by atoms with van der Waals surface area (Å²) >= 11 is 0. The number of para-hydroxylation sites is 2. The molecule has 1 heterocycles. The zero-order valence-corrected chi connectivity index (χ0v) is 14.3. The van der Waals surface area contributed by atoms with Crippen LogP contribution in [0.5, 0.6) is 0 Å². The van der Waals surface area contributed by atoms with E-state index in [9.17, 15) is 14.7 Å². The summed E-state index contributed by atoms with van der Waals surface area (Å²) in [6, 6.07) is 15.0. The Morgan fingerprint density at radius 2 is 1.88 bits per heavy atom. The van der Waals surface area contributed by atoms with Crippen LogP contribution >= 0.6 is 0 Å². The van der Waals surface area contributed by atoms with Crippen LogP contribution in [0.1, 0.15) is 17.5 Å². The number of aromatic nitrogens is 1. The summed E-state index contributed by atoms with van der Waals surface area (Å²) in [6.45, 7) is 0.0210. The van der Waals surface area contributed by atoms with Crippen LogP contribution in [0.2, 0.25) is 0 Å². The number of rotatable bonds is 4. The molecule has 1 aliphatic carbocycles. The van der Waals surface area contributed by atoms with E-state index in [-0.39, 0.29) is 19.0 Å². The molecule has 1 aliphatic rings. The Bertz CT molecular complexity index is 1020. The quantitative estimate of drug-likeness (QED) is 0.747. The Kier molecular flexibility index (Phi) is 4.12. The van der Waals surface area contributed by atoms with Crippen LogP contribution in [-0.4, -0.2) is 27.7 Å². The first kappa shape index (κ1) is 16.6. The topological polar surface area (TPSA) is 84.5 Å². The third-order valence-corrected chi connectivity index (χ3v) is 4.99. The molecule has 0 aliphatic heterocycles. The predicted octanol–water partition coefficient (Wildman–Crippen LogP) is 1.63. The number of oxazole rings is 1. The van der Waals surface area contributed by atoms with Crippen molar-refractivity contribution in [3.63, 3.8) is 0 Å². The molecule has 0 saturated carbocycles. The van der Waals surface area contributed by atoms with Crippen molar-refractivity contribution in [1.29, 1.82) is 0 Å². The molecule has 0 radical (unpaired) electrons. The Hall–Kier alpha value is -2.86. The number of carbonyl (C=O) groups excluding carboxylic acids is 1. The lowest BCUT2D eigenvalue weighted by atomic mass is 9.80. The minimum atomic E-state index is -0.965. The van der Waals surface area contributed by atoms with E-state index in [1.807, 2.05) is 18.2 Å². The number of hydrogen-bond donors (Lipinski definition) is 2. The monoisotopic (exact) mass is 352 g/mol. The van der Waals surface area contributed by atoms with Crippen LogP contribution in [0.3, 0.4) is 0 Å². The van der Waals surface area contributed by atoms with Gasteiger partial charge in [-0.05, 0) is 36.1 Å². The van der Waals surface area contributed by atoms with Gasteiger partial charge in [0.05, 0.1) is 11.1 Å². The summed E-state index contributed by atoms with van der Waals surface area (Å²) in [6.07, 6.45) is 1.89. The highest BCUT2D eigenvalue weighted by atomic mass is 16.4. The van der Waals surface area contributed by atoms with Gasteiger partial charge in [-0.25, -0.2) is 4.79 Å². The molecule has 0 spiro atoms. The fraction of sp³-hybridized carbons (Fsp3) is 0.300. The minimum Gasteiger partial charge on any atom is -0.408 e.